The highest BCUT2D eigenvalue weighted by Gasteiger charge is 2.36. The van der Waals surface area contributed by atoms with Crippen LogP contribution in [-0.4, -0.2) is 13.1 Å². The molecule has 2 aliphatic carbocycles. The van der Waals surface area contributed by atoms with Crippen LogP contribution in [-0.2, 0) is 16.0 Å². The summed E-state index contributed by atoms with van der Waals surface area (Å²) in [5.41, 5.74) is 7.04. The van der Waals surface area contributed by atoms with Gasteiger partial charge in [0.1, 0.15) is 0 Å². The van der Waals surface area contributed by atoms with Gasteiger partial charge in [-0.05, 0) is 53.0 Å². The Balaban J connectivity index is 1.77. The fourth-order valence-electron chi connectivity index (χ4n) is 4.39. The highest BCUT2D eigenvalue weighted by Crippen LogP contribution is 2.50. The molecule has 0 amide bonds. The quantitative estimate of drug-likeness (QED) is 0.578. The monoisotopic (exact) mass is 330 g/mol. The van der Waals surface area contributed by atoms with Gasteiger partial charge in [0.05, 0.1) is 7.11 Å². The van der Waals surface area contributed by atoms with Gasteiger partial charge in [-0.25, -0.2) is 4.79 Å². The van der Waals surface area contributed by atoms with Crippen LogP contribution in [0.15, 0.2) is 66.8 Å². The lowest BCUT2D eigenvalue weighted by Gasteiger charge is -2.39. The van der Waals surface area contributed by atoms with E-state index in [-0.39, 0.29) is 5.97 Å². The van der Waals surface area contributed by atoms with Crippen molar-refractivity contribution in [2.75, 3.05) is 7.11 Å². The van der Waals surface area contributed by atoms with E-state index < -0.39 is 0 Å². The first-order valence-corrected chi connectivity index (χ1v) is 8.90. The molecule has 126 valence electrons. The van der Waals surface area contributed by atoms with Gasteiger partial charge >= 0.3 is 5.97 Å². The maximum Gasteiger partial charge on any atom is 0.330 e. The van der Waals surface area contributed by atoms with Crippen LogP contribution in [0.2, 0.25) is 0 Å². The molecule has 0 aromatic heterocycles. The van der Waals surface area contributed by atoms with Crippen molar-refractivity contribution in [2.45, 2.75) is 25.2 Å². The van der Waals surface area contributed by atoms with Crippen molar-refractivity contribution in [1.82, 2.24) is 0 Å². The number of hydrogen-bond donors (Lipinski definition) is 0. The Hall–Kier alpha value is -2.61. The molecular formula is C23H22O2. The number of benzene rings is 2. The van der Waals surface area contributed by atoms with Gasteiger partial charge in [0.25, 0.3) is 0 Å². The van der Waals surface area contributed by atoms with Gasteiger partial charge in [0, 0.05) is 12.0 Å². The minimum Gasteiger partial charge on any atom is -0.466 e. The fraction of sp³-hybridized carbons (Fsp3) is 0.261. The highest BCUT2D eigenvalue weighted by molar-refractivity contribution is 5.83. The molecule has 2 aromatic carbocycles. The highest BCUT2D eigenvalue weighted by atomic mass is 16.5. The van der Waals surface area contributed by atoms with Crippen LogP contribution in [0.1, 0.15) is 41.0 Å². The summed E-state index contributed by atoms with van der Waals surface area (Å²) in [5.74, 6) is 0.802. The summed E-state index contributed by atoms with van der Waals surface area (Å²) in [6.45, 7) is 0. The first kappa shape index (κ1) is 15.9. The number of methoxy groups -OCH3 is 1. The number of allylic oxidation sites excluding steroid dienone is 3. The van der Waals surface area contributed by atoms with E-state index in [9.17, 15) is 4.79 Å². The second kappa shape index (κ2) is 6.72. The molecule has 2 nitrogen and oxygen atoms in total. The van der Waals surface area contributed by atoms with E-state index in [1.165, 1.54) is 47.4 Å². The van der Waals surface area contributed by atoms with E-state index in [4.69, 9.17) is 0 Å². The molecule has 25 heavy (non-hydrogen) atoms. The van der Waals surface area contributed by atoms with Crippen LogP contribution in [0.3, 0.4) is 0 Å². The topological polar surface area (TPSA) is 26.3 Å². The van der Waals surface area contributed by atoms with Crippen LogP contribution < -0.4 is 0 Å². The molecule has 0 radical (unpaired) electrons. The average Bonchev–Trinajstić information content (AvgIpc) is 2.67. The van der Waals surface area contributed by atoms with E-state index in [0.717, 1.165) is 12.8 Å². The van der Waals surface area contributed by atoms with Crippen LogP contribution in [0.5, 0.6) is 0 Å². The molecule has 0 bridgehead atoms. The fourth-order valence-corrected chi connectivity index (χ4v) is 4.39. The summed E-state index contributed by atoms with van der Waals surface area (Å²) >= 11 is 0. The van der Waals surface area contributed by atoms with Gasteiger partial charge in [-0.2, -0.15) is 0 Å². The van der Waals surface area contributed by atoms with Gasteiger partial charge in [-0.3, -0.25) is 0 Å². The summed E-state index contributed by atoms with van der Waals surface area (Å²) in [6.07, 6.45) is 8.81. The molecule has 2 heteroatoms. The Morgan fingerprint density at radius 3 is 2.68 bits per heavy atom. The molecule has 0 fully saturated rings. The third-order valence-electron chi connectivity index (χ3n) is 5.50. The molecule has 2 atom stereocenters. The Kier molecular flexibility index (Phi) is 4.27. The van der Waals surface area contributed by atoms with Crippen LogP contribution in [0.25, 0.3) is 5.57 Å². The minimum absolute atomic E-state index is 0.314. The minimum atomic E-state index is -0.314. The normalized spacial score (nSPS) is 23.0. The average molecular weight is 330 g/mol. The van der Waals surface area contributed by atoms with Gasteiger partial charge in [0.2, 0.25) is 0 Å². The number of esters is 1. The molecule has 0 spiro atoms. The summed E-state index contributed by atoms with van der Waals surface area (Å²) < 4.78 is 4.68. The summed E-state index contributed by atoms with van der Waals surface area (Å²) in [4.78, 5) is 11.3. The van der Waals surface area contributed by atoms with Crippen molar-refractivity contribution < 1.29 is 9.53 Å². The van der Waals surface area contributed by atoms with Crippen LogP contribution in [0, 0.1) is 5.92 Å². The second-order valence-corrected chi connectivity index (χ2v) is 6.84. The van der Waals surface area contributed by atoms with Crippen molar-refractivity contribution in [3.63, 3.8) is 0 Å². The van der Waals surface area contributed by atoms with Crippen molar-refractivity contribution >= 4 is 11.5 Å². The number of ether oxygens (including phenoxy) is 1. The van der Waals surface area contributed by atoms with Crippen molar-refractivity contribution in [3.8, 4) is 0 Å². The van der Waals surface area contributed by atoms with E-state index >= 15 is 0 Å². The molecule has 0 saturated heterocycles. The molecule has 0 saturated carbocycles. The SMILES string of the molecule is COC(=O)/C=C\C=C1/CC2CCc3ccccc3C2c2ccccc21. The third-order valence-corrected chi connectivity index (χ3v) is 5.50. The lowest BCUT2D eigenvalue weighted by Crippen LogP contribution is -2.26. The van der Waals surface area contributed by atoms with Crippen LogP contribution >= 0.6 is 0 Å². The Bertz CT molecular complexity index is 860. The molecule has 2 aromatic rings. The van der Waals surface area contributed by atoms with Crippen molar-refractivity contribution in [1.29, 1.82) is 0 Å². The molecule has 0 heterocycles. The lowest BCUT2D eigenvalue weighted by molar-refractivity contribution is -0.134. The number of rotatable bonds is 2. The van der Waals surface area contributed by atoms with E-state index in [1.807, 2.05) is 6.08 Å². The first-order valence-electron chi connectivity index (χ1n) is 8.90. The van der Waals surface area contributed by atoms with Crippen molar-refractivity contribution in [3.05, 3.63) is 89.0 Å². The number of carbonyl (C=O) groups is 1. The molecule has 2 unspecified atom stereocenters. The molecule has 0 aliphatic heterocycles. The van der Waals surface area contributed by atoms with Gasteiger partial charge in [-0.1, -0.05) is 60.7 Å². The Labute approximate surface area is 148 Å². The number of aryl methyl sites for hydroxylation is 1. The third kappa shape index (κ3) is 2.93. The maximum absolute atomic E-state index is 11.3. The molecular weight excluding hydrogens is 308 g/mol. The van der Waals surface area contributed by atoms with E-state index in [0.29, 0.717) is 11.8 Å². The predicted octanol–water partition coefficient (Wildman–Crippen LogP) is 4.90. The maximum atomic E-state index is 11.3. The number of hydrogen-bond acceptors (Lipinski definition) is 2. The zero-order valence-corrected chi connectivity index (χ0v) is 14.4. The largest absolute Gasteiger partial charge is 0.466 e. The van der Waals surface area contributed by atoms with Crippen molar-refractivity contribution in [2.24, 2.45) is 5.92 Å². The standard InChI is InChI=1S/C23H22O2/c1-25-22(24)12-6-8-17-15-18-14-13-16-7-2-3-10-20(16)23(18)21-11-5-4-9-19(17)21/h2-12,18,23H,13-15H2,1H3/b12-6-,17-8+. The molecule has 4 rings (SSSR count). The number of carbonyl (C=O) groups excluding carboxylic acids is 1. The molecule has 2 aliphatic rings. The zero-order chi connectivity index (χ0) is 17.2. The number of fused-ring (bicyclic) bond motifs is 5. The predicted molar refractivity (Wildman–Crippen MR) is 100 cm³/mol. The Morgan fingerprint density at radius 1 is 1.08 bits per heavy atom. The Morgan fingerprint density at radius 2 is 1.84 bits per heavy atom. The summed E-state index contributed by atoms with van der Waals surface area (Å²) in [6, 6.07) is 17.6. The summed E-state index contributed by atoms with van der Waals surface area (Å²) in [7, 11) is 1.40. The van der Waals surface area contributed by atoms with Gasteiger partial charge in [-0.15, -0.1) is 0 Å². The smallest absolute Gasteiger partial charge is 0.330 e. The van der Waals surface area contributed by atoms with Gasteiger partial charge in [0.15, 0.2) is 0 Å². The lowest BCUT2D eigenvalue weighted by atomic mass is 9.64. The molecule has 0 N–H and O–H groups in total. The summed E-state index contributed by atoms with van der Waals surface area (Å²) in [5, 5.41) is 0. The van der Waals surface area contributed by atoms with Crippen LogP contribution in [0.4, 0.5) is 0 Å². The zero-order valence-electron chi connectivity index (χ0n) is 14.4. The van der Waals surface area contributed by atoms with Gasteiger partial charge < -0.3 is 4.74 Å². The first-order chi connectivity index (χ1) is 12.3. The second-order valence-electron chi connectivity index (χ2n) is 6.84. The van der Waals surface area contributed by atoms with E-state index in [1.54, 1.807) is 0 Å². The van der Waals surface area contributed by atoms with E-state index in [2.05, 4.69) is 59.3 Å².